The number of amides is 1. The van der Waals surface area contributed by atoms with Crippen molar-refractivity contribution in [1.82, 2.24) is 5.32 Å². The summed E-state index contributed by atoms with van der Waals surface area (Å²) in [6.07, 6.45) is 5.51. The minimum atomic E-state index is -0.950. The van der Waals surface area contributed by atoms with Crippen molar-refractivity contribution in [2.45, 2.75) is 57.5 Å². The minimum absolute atomic E-state index is 0.0502. The fraction of sp³-hybridized carbons (Fsp3) is 0.833. The number of nitrogens with one attached hydrogen (secondary N) is 1. The predicted octanol–water partition coefficient (Wildman–Crippen LogP) is 0.873. The van der Waals surface area contributed by atoms with Crippen LogP contribution in [0.2, 0.25) is 0 Å². The van der Waals surface area contributed by atoms with E-state index in [1.165, 1.54) is 0 Å². The Hall–Kier alpha value is -1.10. The molecule has 1 unspecified atom stereocenters. The van der Waals surface area contributed by atoms with E-state index in [9.17, 15) is 14.7 Å². The Kier molecular flexibility index (Phi) is 5.41. The molecule has 0 aromatic carbocycles. The Balaban J connectivity index is 2.59. The molecule has 0 bridgehead atoms. The average molecular weight is 242 g/mol. The molecule has 17 heavy (non-hydrogen) atoms. The van der Waals surface area contributed by atoms with Gasteiger partial charge in [-0.25, -0.2) is 4.79 Å². The molecular formula is C12H22N2O3. The molecule has 5 heteroatoms. The number of aliphatic carboxylic acids is 1. The third-order valence-electron chi connectivity index (χ3n) is 3.46. The molecule has 1 amide bonds. The fourth-order valence-electron chi connectivity index (χ4n) is 2.29. The summed E-state index contributed by atoms with van der Waals surface area (Å²) < 4.78 is 0. The molecule has 5 nitrogen and oxygen atoms in total. The van der Waals surface area contributed by atoms with E-state index in [2.05, 4.69) is 5.32 Å². The lowest BCUT2D eigenvalue weighted by Gasteiger charge is -2.28. The van der Waals surface area contributed by atoms with Crippen LogP contribution in [0.5, 0.6) is 0 Å². The largest absolute Gasteiger partial charge is 0.480 e. The molecule has 0 aromatic heterocycles. The molecule has 98 valence electrons. The van der Waals surface area contributed by atoms with E-state index in [0.29, 0.717) is 6.42 Å². The van der Waals surface area contributed by atoms with Gasteiger partial charge in [0.15, 0.2) is 0 Å². The van der Waals surface area contributed by atoms with Crippen molar-refractivity contribution in [3.05, 3.63) is 0 Å². The van der Waals surface area contributed by atoms with Gasteiger partial charge in [-0.3, -0.25) is 4.79 Å². The SMILES string of the molecule is CC[C@H](N)C(=O)NC(C(=O)O)C1CCCCC1. The first-order valence-electron chi connectivity index (χ1n) is 6.35. The van der Waals surface area contributed by atoms with Crippen LogP contribution in [0.3, 0.4) is 0 Å². The Morgan fingerprint density at radius 2 is 1.94 bits per heavy atom. The topological polar surface area (TPSA) is 92.4 Å². The molecule has 1 aliphatic carbocycles. The van der Waals surface area contributed by atoms with Gasteiger partial charge in [-0.15, -0.1) is 0 Å². The van der Waals surface area contributed by atoms with Crippen molar-refractivity contribution in [2.24, 2.45) is 11.7 Å². The zero-order valence-electron chi connectivity index (χ0n) is 10.3. The maximum absolute atomic E-state index is 11.6. The Bertz CT molecular complexity index is 275. The lowest BCUT2D eigenvalue weighted by Crippen LogP contribution is -2.51. The van der Waals surface area contributed by atoms with Crippen molar-refractivity contribution >= 4 is 11.9 Å². The summed E-state index contributed by atoms with van der Waals surface area (Å²) in [4.78, 5) is 22.8. The Morgan fingerprint density at radius 3 is 2.41 bits per heavy atom. The number of carboxylic acid groups (broad SMARTS) is 1. The molecule has 0 aliphatic heterocycles. The van der Waals surface area contributed by atoms with Crippen LogP contribution in [0.15, 0.2) is 0 Å². The first-order valence-corrected chi connectivity index (χ1v) is 6.35. The van der Waals surface area contributed by atoms with Gasteiger partial charge in [0, 0.05) is 0 Å². The molecule has 0 spiro atoms. The first-order chi connectivity index (χ1) is 8.06. The van der Waals surface area contributed by atoms with Crippen molar-refractivity contribution in [3.63, 3.8) is 0 Å². The van der Waals surface area contributed by atoms with Crippen LogP contribution in [-0.4, -0.2) is 29.1 Å². The molecule has 0 saturated heterocycles. The average Bonchev–Trinajstić information content (AvgIpc) is 2.35. The maximum atomic E-state index is 11.6. The summed E-state index contributed by atoms with van der Waals surface area (Å²) in [7, 11) is 0. The standard InChI is InChI=1S/C12H22N2O3/c1-2-9(13)11(15)14-10(12(16)17)8-6-4-3-5-7-8/h8-10H,2-7,13H2,1H3,(H,14,15)(H,16,17)/t9-,10?/m0/s1. The lowest BCUT2D eigenvalue weighted by atomic mass is 9.84. The van der Waals surface area contributed by atoms with Crippen molar-refractivity contribution in [2.75, 3.05) is 0 Å². The van der Waals surface area contributed by atoms with Crippen LogP contribution in [0.4, 0.5) is 0 Å². The number of hydrogen-bond acceptors (Lipinski definition) is 3. The molecule has 0 aromatic rings. The summed E-state index contributed by atoms with van der Waals surface area (Å²) in [6, 6.07) is -1.39. The highest BCUT2D eigenvalue weighted by Gasteiger charge is 2.31. The van der Waals surface area contributed by atoms with E-state index in [4.69, 9.17) is 5.73 Å². The highest BCUT2D eigenvalue weighted by Crippen LogP contribution is 2.26. The van der Waals surface area contributed by atoms with Crippen LogP contribution >= 0.6 is 0 Å². The highest BCUT2D eigenvalue weighted by molar-refractivity contribution is 5.86. The van der Waals surface area contributed by atoms with Gasteiger partial charge >= 0.3 is 5.97 Å². The van der Waals surface area contributed by atoms with Gasteiger partial charge in [-0.1, -0.05) is 26.2 Å². The van der Waals surface area contributed by atoms with E-state index in [-0.39, 0.29) is 11.8 Å². The lowest BCUT2D eigenvalue weighted by molar-refractivity contribution is -0.144. The van der Waals surface area contributed by atoms with Crippen LogP contribution in [-0.2, 0) is 9.59 Å². The molecule has 1 aliphatic rings. The van der Waals surface area contributed by atoms with Gasteiger partial charge in [-0.2, -0.15) is 0 Å². The molecule has 1 saturated carbocycles. The molecule has 4 N–H and O–H groups in total. The fourth-order valence-corrected chi connectivity index (χ4v) is 2.29. The molecule has 0 heterocycles. The minimum Gasteiger partial charge on any atom is -0.480 e. The number of nitrogens with two attached hydrogens (primary N) is 1. The van der Waals surface area contributed by atoms with E-state index >= 15 is 0 Å². The third kappa shape index (κ3) is 4.00. The smallest absolute Gasteiger partial charge is 0.326 e. The van der Waals surface area contributed by atoms with Gasteiger partial charge < -0.3 is 16.2 Å². The van der Waals surface area contributed by atoms with Crippen LogP contribution in [0, 0.1) is 5.92 Å². The molecule has 1 fully saturated rings. The second kappa shape index (κ2) is 6.59. The van der Waals surface area contributed by atoms with Gasteiger partial charge in [0.05, 0.1) is 6.04 Å². The number of hydrogen-bond donors (Lipinski definition) is 3. The van der Waals surface area contributed by atoms with Gasteiger partial charge in [-0.05, 0) is 25.2 Å². The number of carboxylic acids is 1. The van der Waals surface area contributed by atoms with E-state index in [1.54, 1.807) is 6.92 Å². The van der Waals surface area contributed by atoms with Gasteiger partial charge in [0.1, 0.15) is 6.04 Å². The van der Waals surface area contributed by atoms with Crippen LogP contribution in [0.25, 0.3) is 0 Å². The zero-order valence-corrected chi connectivity index (χ0v) is 10.3. The van der Waals surface area contributed by atoms with E-state index in [0.717, 1.165) is 32.1 Å². The van der Waals surface area contributed by atoms with Crippen molar-refractivity contribution in [3.8, 4) is 0 Å². The summed E-state index contributed by atoms with van der Waals surface area (Å²) in [6.45, 7) is 1.81. The summed E-state index contributed by atoms with van der Waals surface area (Å²) in [5, 5.41) is 11.7. The number of rotatable bonds is 5. The predicted molar refractivity (Wildman–Crippen MR) is 64.4 cm³/mol. The van der Waals surface area contributed by atoms with Crippen molar-refractivity contribution in [1.29, 1.82) is 0 Å². The molecular weight excluding hydrogens is 220 g/mol. The number of carbonyl (C=O) groups excluding carboxylic acids is 1. The first kappa shape index (κ1) is 14.0. The normalized spacial score (nSPS) is 20.6. The van der Waals surface area contributed by atoms with Crippen molar-refractivity contribution < 1.29 is 14.7 Å². The van der Waals surface area contributed by atoms with E-state index in [1.807, 2.05) is 0 Å². The summed E-state index contributed by atoms with van der Waals surface area (Å²) in [5.41, 5.74) is 5.59. The van der Waals surface area contributed by atoms with E-state index < -0.39 is 18.1 Å². The summed E-state index contributed by atoms with van der Waals surface area (Å²) in [5.74, 6) is -1.26. The van der Waals surface area contributed by atoms with Gasteiger partial charge in [0.2, 0.25) is 5.91 Å². The quantitative estimate of drug-likeness (QED) is 0.667. The highest BCUT2D eigenvalue weighted by atomic mass is 16.4. The Labute approximate surface area is 102 Å². The number of carbonyl (C=O) groups is 2. The zero-order chi connectivity index (χ0) is 12.8. The van der Waals surface area contributed by atoms with Crippen LogP contribution in [0.1, 0.15) is 45.4 Å². The second-order valence-electron chi connectivity index (χ2n) is 4.74. The van der Waals surface area contributed by atoms with Gasteiger partial charge in [0.25, 0.3) is 0 Å². The molecule has 0 radical (unpaired) electrons. The Morgan fingerprint density at radius 1 is 1.35 bits per heavy atom. The molecule has 2 atom stereocenters. The second-order valence-corrected chi connectivity index (χ2v) is 4.74. The monoisotopic (exact) mass is 242 g/mol. The third-order valence-corrected chi connectivity index (χ3v) is 3.46. The van der Waals surface area contributed by atoms with Crippen LogP contribution < -0.4 is 11.1 Å². The summed E-state index contributed by atoms with van der Waals surface area (Å²) >= 11 is 0. The maximum Gasteiger partial charge on any atom is 0.326 e. The molecule has 1 rings (SSSR count).